The number of rotatable bonds is 5. The average Bonchev–Trinajstić information content (AvgIpc) is 2.46. The van der Waals surface area contributed by atoms with E-state index in [4.69, 9.17) is 10.8 Å². The monoisotopic (exact) mass is 270 g/mol. The Bertz CT molecular complexity index is 606. The molecule has 20 heavy (non-hydrogen) atoms. The van der Waals surface area contributed by atoms with Crippen molar-refractivity contribution in [3.63, 3.8) is 0 Å². The van der Waals surface area contributed by atoms with Gasteiger partial charge in [-0.05, 0) is 35.7 Å². The Morgan fingerprint density at radius 1 is 1.15 bits per heavy atom. The number of nitrogens with two attached hydrogens (primary N) is 1. The van der Waals surface area contributed by atoms with Gasteiger partial charge in [0.2, 0.25) is 5.91 Å². The number of nitrogens with one attached hydrogen (secondary N) is 1. The van der Waals surface area contributed by atoms with Crippen molar-refractivity contribution in [3.8, 4) is 0 Å². The van der Waals surface area contributed by atoms with E-state index in [2.05, 4.69) is 5.32 Å². The molecular weight excluding hydrogens is 252 g/mol. The molecule has 0 aliphatic carbocycles. The van der Waals surface area contributed by atoms with Gasteiger partial charge < -0.3 is 16.2 Å². The second-order valence-corrected chi connectivity index (χ2v) is 4.72. The van der Waals surface area contributed by atoms with Gasteiger partial charge in [0.05, 0.1) is 6.61 Å². The smallest absolute Gasteiger partial charge is 0.248 e. The molecule has 4 N–H and O–H groups in total. The molecule has 0 aromatic heterocycles. The van der Waals surface area contributed by atoms with Crippen LogP contribution in [0.15, 0.2) is 42.5 Å². The summed E-state index contributed by atoms with van der Waals surface area (Å²) in [5.74, 6) is -0.430. The molecule has 1 amide bonds. The number of aliphatic hydroxyl groups excluding tert-OH is 1. The number of anilines is 1. The van der Waals surface area contributed by atoms with Gasteiger partial charge >= 0.3 is 0 Å². The van der Waals surface area contributed by atoms with Crippen molar-refractivity contribution in [2.45, 2.75) is 20.1 Å². The summed E-state index contributed by atoms with van der Waals surface area (Å²) in [5, 5.41) is 12.3. The molecule has 0 aliphatic rings. The quantitative estimate of drug-likeness (QED) is 0.779. The van der Waals surface area contributed by atoms with Crippen molar-refractivity contribution in [2.24, 2.45) is 5.73 Å². The van der Waals surface area contributed by atoms with Gasteiger partial charge in [-0.2, -0.15) is 0 Å². The summed E-state index contributed by atoms with van der Waals surface area (Å²) in [6.45, 7) is 2.67. The number of aryl methyl sites for hydroxylation is 1. The van der Waals surface area contributed by atoms with Crippen LogP contribution in [0.2, 0.25) is 0 Å². The predicted molar refractivity (Wildman–Crippen MR) is 79.4 cm³/mol. The zero-order valence-corrected chi connectivity index (χ0v) is 11.4. The van der Waals surface area contributed by atoms with E-state index in [1.165, 1.54) is 0 Å². The fourth-order valence-electron chi connectivity index (χ4n) is 1.93. The summed E-state index contributed by atoms with van der Waals surface area (Å²) in [5.41, 5.74) is 9.72. The molecule has 2 rings (SSSR count). The third kappa shape index (κ3) is 3.36. The summed E-state index contributed by atoms with van der Waals surface area (Å²) in [7, 11) is 0. The van der Waals surface area contributed by atoms with E-state index in [0.29, 0.717) is 12.1 Å². The standard InChI is InChI=1S/C16H18N2O2/c1-11-2-7-14(16(17)20)8-15(11)18-9-12-3-5-13(10-19)6-4-12/h2-8,18-19H,9-10H2,1H3,(H2,17,20). The third-order valence-electron chi connectivity index (χ3n) is 3.21. The van der Waals surface area contributed by atoms with Crippen LogP contribution in [0.4, 0.5) is 5.69 Å². The number of amides is 1. The zero-order chi connectivity index (χ0) is 14.5. The van der Waals surface area contributed by atoms with Crippen LogP contribution >= 0.6 is 0 Å². The summed E-state index contributed by atoms with van der Waals surface area (Å²) >= 11 is 0. The van der Waals surface area contributed by atoms with Crippen LogP contribution in [-0.2, 0) is 13.2 Å². The Balaban J connectivity index is 2.09. The highest BCUT2D eigenvalue weighted by molar-refractivity contribution is 5.94. The van der Waals surface area contributed by atoms with Crippen molar-refractivity contribution < 1.29 is 9.90 Å². The number of hydrogen-bond donors (Lipinski definition) is 3. The zero-order valence-electron chi connectivity index (χ0n) is 11.4. The lowest BCUT2D eigenvalue weighted by Gasteiger charge is -2.11. The normalized spacial score (nSPS) is 10.3. The van der Waals surface area contributed by atoms with E-state index in [-0.39, 0.29) is 6.61 Å². The molecule has 0 unspecified atom stereocenters. The first-order valence-corrected chi connectivity index (χ1v) is 6.43. The van der Waals surface area contributed by atoms with Crippen LogP contribution in [0.3, 0.4) is 0 Å². The minimum atomic E-state index is -0.430. The maximum absolute atomic E-state index is 11.2. The van der Waals surface area contributed by atoms with Gasteiger partial charge in [0, 0.05) is 17.8 Å². The van der Waals surface area contributed by atoms with Crippen molar-refractivity contribution in [1.29, 1.82) is 0 Å². The number of carbonyl (C=O) groups excluding carboxylic acids is 1. The highest BCUT2D eigenvalue weighted by Crippen LogP contribution is 2.18. The molecule has 0 radical (unpaired) electrons. The van der Waals surface area contributed by atoms with Gasteiger partial charge in [0.15, 0.2) is 0 Å². The molecule has 0 bridgehead atoms. The van der Waals surface area contributed by atoms with Gasteiger partial charge in [-0.25, -0.2) is 0 Å². The van der Waals surface area contributed by atoms with Crippen LogP contribution in [0.25, 0.3) is 0 Å². The lowest BCUT2D eigenvalue weighted by molar-refractivity contribution is 0.100. The second kappa shape index (κ2) is 6.21. The Kier molecular flexibility index (Phi) is 4.38. The number of benzene rings is 2. The highest BCUT2D eigenvalue weighted by Gasteiger charge is 2.04. The highest BCUT2D eigenvalue weighted by atomic mass is 16.3. The molecule has 2 aromatic rings. The van der Waals surface area contributed by atoms with Crippen molar-refractivity contribution >= 4 is 11.6 Å². The molecule has 0 saturated heterocycles. The first-order chi connectivity index (χ1) is 9.60. The summed E-state index contributed by atoms with van der Waals surface area (Å²) < 4.78 is 0. The molecule has 0 spiro atoms. The van der Waals surface area contributed by atoms with E-state index in [0.717, 1.165) is 22.4 Å². The number of primary amides is 1. The molecule has 4 nitrogen and oxygen atoms in total. The van der Waals surface area contributed by atoms with Gasteiger partial charge in [0.25, 0.3) is 0 Å². The van der Waals surface area contributed by atoms with Crippen LogP contribution in [0.5, 0.6) is 0 Å². The van der Waals surface area contributed by atoms with Crippen LogP contribution in [0.1, 0.15) is 27.0 Å². The van der Waals surface area contributed by atoms with Gasteiger partial charge in [-0.15, -0.1) is 0 Å². The first kappa shape index (κ1) is 14.1. The maximum Gasteiger partial charge on any atom is 0.248 e. The Morgan fingerprint density at radius 3 is 2.40 bits per heavy atom. The van der Waals surface area contributed by atoms with Crippen molar-refractivity contribution in [2.75, 3.05) is 5.32 Å². The van der Waals surface area contributed by atoms with Crippen LogP contribution in [0, 0.1) is 6.92 Å². The van der Waals surface area contributed by atoms with Crippen molar-refractivity contribution in [3.05, 3.63) is 64.7 Å². The van der Waals surface area contributed by atoms with E-state index in [9.17, 15) is 4.79 Å². The molecule has 4 heteroatoms. The molecule has 104 valence electrons. The minimum absolute atomic E-state index is 0.0491. The third-order valence-corrected chi connectivity index (χ3v) is 3.21. The maximum atomic E-state index is 11.2. The second-order valence-electron chi connectivity index (χ2n) is 4.72. The largest absolute Gasteiger partial charge is 0.392 e. The SMILES string of the molecule is Cc1ccc(C(N)=O)cc1NCc1ccc(CO)cc1. The van der Waals surface area contributed by atoms with Gasteiger partial charge in [-0.1, -0.05) is 30.3 Å². The number of aliphatic hydroxyl groups is 1. The Hall–Kier alpha value is -2.33. The lowest BCUT2D eigenvalue weighted by atomic mass is 10.1. The molecule has 2 aromatic carbocycles. The van der Waals surface area contributed by atoms with Crippen molar-refractivity contribution in [1.82, 2.24) is 0 Å². The van der Waals surface area contributed by atoms with E-state index in [1.807, 2.05) is 37.3 Å². The van der Waals surface area contributed by atoms with Gasteiger partial charge in [0.1, 0.15) is 0 Å². The van der Waals surface area contributed by atoms with Crippen LogP contribution < -0.4 is 11.1 Å². The van der Waals surface area contributed by atoms with E-state index in [1.54, 1.807) is 12.1 Å². The number of carbonyl (C=O) groups is 1. The first-order valence-electron chi connectivity index (χ1n) is 6.43. The lowest BCUT2D eigenvalue weighted by Crippen LogP contribution is -2.11. The molecule has 0 aliphatic heterocycles. The fraction of sp³-hybridized carbons (Fsp3) is 0.188. The summed E-state index contributed by atoms with van der Waals surface area (Å²) in [4.78, 5) is 11.2. The molecule has 0 fully saturated rings. The van der Waals surface area contributed by atoms with E-state index < -0.39 is 5.91 Å². The van der Waals surface area contributed by atoms with Gasteiger partial charge in [-0.3, -0.25) is 4.79 Å². The molecule has 0 heterocycles. The fourth-order valence-corrected chi connectivity index (χ4v) is 1.93. The van der Waals surface area contributed by atoms with E-state index >= 15 is 0 Å². The van der Waals surface area contributed by atoms with Crippen LogP contribution in [-0.4, -0.2) is 11.0 Å². The number of hydrogen-bond acceptors (Lipinski definition) is 3. The minimum Gasteiger partial charge on any atom is -0.392 e. The summed E-state index contributed by atoms with van der Waals surface area (Å²) in [6, 6.07) is 13.1. The predicted octanol–water partition coefficient (Wildman–Crippen LogP) is 2.20. The average molecular weight is 270 g/mol. The molecule has 0 saturated carbocycles. The Labute approximate surface area is 118 Å². The molecule has 0 atom stereocenters. The Morgan fingerprint density at radius 2 is 1.80 bits per heavy atom. The molecular formula is C16H18N2O2. The summed E-state index contributed by atoms with van der Waals surface area (Å²) in [6.07, 6.45) is 0. The topological polar surface area (TPSA) is 75.4 Å².